The Bertz CT molecular complexity index is 582. The van der Waals surface area contributed by atoms with E-state index in [1.54, 1.807) is 11.8 Å². The number of thioether (sulfide) groups is 1. The van der Waals surface area contributed by atoms with Crippen LogP contribution >= 0.6 is 11.8 Å². The minimum atomic E-state index is 0.826. The molecule has 1 fully saturated rings. The van der Waals surface area contributed by atoms with Crippen molar-refractivity contribution < 1.29 is 0 Å². The lowest BCUT2D eigenvalue weighted by atomic mass is 9.91. The Hall–Kier alpha value is -1.36. The molecular formula is C16H22N4S. The number of para-hydroxylation sites is 1. The highest BCUT2D eigenvalue weighted by atomic mass is 32.2. The summed E-state index contributed by atoms with van der Waals surface area (Å²) in [6.07, 6.45) is 6.89. The molecule has 1 aliphatic carbocycles. The Kier molecular flexibility index (Phi) is 4.58. The van der Waals surface area contributed by atoms with Gasteiger partial charge in [-0.15, -0.1) is 5.10 Å². The minimum absolute atomic E-state index is 0.826. The van der Waals surface area contributed by atoms with Gasteiger partial charge in [-0.3, -0.25) is 0 Å². The average molecular weight is 302 g/mol. The van der Waals surface area contributed by atoms with Crippen molar-refractivity contribution in [1.82, 2.24) is 20.2 Å². The smallest absolute Gasteiger partial charge is 0.187 e. The van der Waals surface area contributed by atoms with Gasteiger partial charge in [0, 0.05) is 5.75 Å². The molecule has 0 atom stereocenters. The predicted molar refractivity (Wildman–Crippen MR) is 85.9 cm³/mol. The Morgan fingerprint density at radius 1 is 1.14 bits per heavy atom. The van der Waals surface area contributed by atoms with E-state index in [0.29, 0.717) is 0 Å². The molecule has 5 heteroatoms. The van der Waals surface area contributed by atoms with Crippen molar-refractivity contribution in [3.8, 4) is 5.69 Å². The average Bonchev–Trinajstić information content (AvgIpc) is 2.94. The van der Waals surface area contributed by atoms with Crippen LogP contribution in [0.4, 0.5) is 0 Å². The van der Waals surface area contributed by atoms with Gasteiger partial charge in [0.05, 0.1) is 5.69 Å². The summed E-state index contributed by atoms with van der Waals surface area (Å²) >= 11 is 1.80. The summed E-state index contributed by atoms with van der Waals surface area (Å²) in [5.74, 6) is 1.96. The maximum atomic E-state index is 4.22. The first-order valence-electron chi connectivity index (χ1n) is 7.73. The molecule has 0 bridgehead atoms. The highest BCUT2D eigenvalue weighted by Gasteiger charge is 2.17. The summed E-state index contributed by atoms with van der Waals surface area (Å²) < 4.78 is 1.90. The molecule has 0 saturated heterocycles. The molecule has 112 valence electrons. The second kappa shape index (κ2) is 6.60. The van der Waals surface area contributed by atoms with E-state index >= 15 is 0 Å². The number of benzene rings is 1. The molecule has 0 radical (unpaired) electrons. The highest BCUT2D eigenvalue weighted by molar-refractivity contribution is 7.99. The molecule has 1 aliphatic rings. The Morgan fingerprint density at radius 3 is 2.57 bits per heavy atom. The lowest BCUT2D eigenvalue weighted by Gasteiger charge is -2.20. The molecule has 1 saturated carbocycles. The van der Waals surface area contributed by atoms with Gasteiger partial charge in [0.25, 0.3) is 0 Å². The van der Waals surface area contributed by atoms with Crippen LogP contribution < -0.4 is 0 Å². The topological polar surface area (TPSA) is 43.6 Å². The molecule has 0 spiro atoms. The third-order valence-corrected chi connectivity index (χ3v) is 5.42. The molecule has 3 rings (SSSR count). The fourth-order valence-electron chi connectivity index (χ4n) is 3.10. The Labute approximate surface area is 130 Å². The number of hydrogen-bond donors (Lipinski definition) is 0. The largest absolute Gasteiger partial charge is 0.214 e. The Balaban J connectivity index is 1.77. The summed E-state index contributed by atoms with van der Waals surface area (Å²) in [6.45, 7) is 4.22. The first kappa shape index (κ1) is 14.6. The molecular weight excluding hydrogens is 280 g/mol. The van der Waals surface area contributed by atoms with E-state index in [4.69, 9.17) is 0 Å². The van der Waals surface area contributed by atoms with Crippen LogP contribution in [-0.2, 0) is 0 Å². The zero-order valence-corrected chi connectivity index (χ0v) is 13.6. The van der Waals surface area contributed by atoms with Gasteiger partial charge in [0.2, 0.25) is 5.16 Å². The van der Waals surface area contributed by atoms with E-state index in [1.165, 1.54) is 43.2 Å². The van der Waals surface area contributed by atoms with Crippen LogP contribution in [-0.4, -0.2) is 26.0 Å². The van der Waals surface area contributed by atoms with Crippen LogP contribution in [0.3, 0.4) is 0 Å². The zero-order chi connectivity index (χ0) is 14.7. The lowest BCUT2D eigenvalue weighted by molar-refractivity contribution is 0.390. The van der Waals surface area contributed by atoms with Crippen molar-refractivity contribution in [1.29, 1.82) is 0 Å². The van der Waals surface area contributed by atoms with Crippen molar-refractivity contribution >= 4 is 11.8 Å². The van der Waals surface area contributed by atoms with E-state index in [1.807, 2.05) is 4.68 Å². The van der Waals surface area contributed by atoms with E-state index in [2.05, 4.69) is 47.6 Å². The number of nitrogens with zero attached hydrogens (tertiary/aromatic N) is 4. The fraction of sp³-hybridized carbons (Fsp3) is 0.562. The number of hydrogen-bond acceptors (Lipinski definition) is 4. The lowest BCUT2D eigenvalue weighted by Crippen LogP contribution is -2.10. The number of aromatic nitrogens is 4. The molecule has 2 aromatic rings. The van der Waals surface area contributed by atoms with Gasteiger partial charge in [-0.25, -0.2) is 0 Å². The van der Waals surface area contributed by atoms with E-state index in [-0.39, 0.29) is 0 Å². The van der Waals surface area contributed by atoms with Crippen molar-refractivity contribution in [2.45, 2.75) is 51.1 Å². The summed E-state index contributed by atoms with van der Waals surface area (Å²) in [7, 11) is 0. The van der Waals surface area contributed by atoms with E-state index in [0.717, 1.165) is 22.5 Å². The molecule has 4 nitrogen and oxygen atoms in total. The molecule has 0 unspecified atom stereocenters. The van der Waals surface area contributed by atoms with Gasteiger partial charge < -0.3 is 0 Å². The highest BCUT2D eigenvalue weighted by Crippen LogP contribution is 2.30. The maximum absolute atomic E-state index is 4.22. The van der Waals surface area contributed by atoms with Gasteiger partial charge in [0.15, 0.2) is 0 Å². The van der Waals surface area contributed by atoms with Gasteiger partial charge in [-0.05, 0) is 54.2 Å². The minimum Gasteiger partial charge on any atom is -0.187 e. The van der Waals surface area contributed by atoms with Crippen LogP contribution in [0.2, 0.25) is 0 Å². The normalized spacial score (nSPS) is 16.3. The maximum Gasteiger partial charge on any atom is 0.214 e. The van der Waals surface area contributed by atoms with Crippen LogP contribution in [0, 0.1) is 19.8 Å². The standard InChI is InChI=1S/C16H22N4S/c1-12-7-6-8-13(2)15(12)20-16(17-18-19-20)21-11-14-9-4-3-5-10-14/h6-8,14H,3-5,9-11H2,1-2H3. The Morgan fingerprint density at radius 2 is 1.86 bits per heavy atom. The van der Waals surface area contributed by atoms with Gasteiger partial charge >= 0.3 is 0 Å². The monoisotopic (exact) mass is 302 g/mol. The molecule has 1 aromatic heterocycles. The number of aryl methyl sites for hydroxylation is 2. The first-order chi connectivity index (χ1) is 10.3. The second-order valence-corrected chi connectivity index (χ2v) is 6.92. The van der Waals surface area contributed by atoms with E-state index < -0.39 is 0 Å². The SMILES string of the molecule is Cc1cccc(C)c1-n1nnnc1SCC1CCCCC1. The van der Waals surface area contributed by atoms with Crippen molar-refractivity contribution in [3.05, 3.63) is 29.3 Å². The molecule has 1 heterocycles. The van der Waals surface area contributed by atoms with Gasteiger partial charge in [0.1, 0.15) is 0 Å². The third kappa shape index (κ3) is 3.28. The number of tetrazole rings is 1. The molecule has 0 aliphatic heterocycles. The van der Waals surface area contributed by atoms with Gasteiger partial charge in [-0.1, -0.05) is 49.2 Å². The zero-order valence-electron chi connectivity index (χ0n) is 12.7. The molecule has 0 amide bonds. The summed E-state index contributed by atoms with van der Waals surface area (Å²) in [4.78, 5) is 0. The van der Waals surface area contributed by atoms with E-state index in [9.17, 15) is 0 Å². The van der Waals surface area contributed by atoms with Crippen LogP contribution in [0.25, 0.3) is 5.69 Å². The van der Waals surface area contributed by atoms with Crippen molar-refractivity contribution in [3.63, 3.8) is 0 Å². The van der Waals surface area contributed by atoms with Crippen molar-refractivity contribution in [2.75, 3.05) is 5.75 Å². The quantitative estimate of drug-likeness (QED) is 0.802. The summed E-state index contributed by atoms with van der Waals surface area (Å²) in [5, 5.41) is 13.2. The molecule has 21 heavy (non-hydrogen) atoms. The first-order valence-corrected chi connectivity index (χ1v) is 8.72. The molecule has 1 aromatic carbocycles. The van der Waals surface area contributed by atoms with Gasteiger partial charge in [-0.2, -0.15) is 4.68 Å². The van der Waals surface area contributed by atoms with Crippen LogP contribution in [0.1, 0.15) is 43.2 Å². The second-order valence-electron chi connectivity index (χ2n) is 5.93. The molecule has 0 N–H and O–H groups in total. The number of rotatable bonds is 4. The fourth-order valence-corrected chi connectivity index (χ4v) is 4.16. The third-order valence-electron chi connectivity index (χ3n) is 4.27. The summed E-state index contributed by atoms with van der Waals surface area (Å²) in [5.41, 5.74) is 3.54. The van der Waals surface area contributed by atoms with Crippen LogP contribution in [0.5, 0.6) is 0 Å². The summed E-state index contributed by atoms with van der Waals surface area (Å²) in [6, 6.07) is 6.30. The van der Waals surface area contributed by atoms with Crippen molar-refractivity contribution in [2.24, 2.45) is 5.92 Å². The van der Waals surface area contributed by atoms with Crippen LogP contribution in [0.15, 0.2) is 23.4 Å². The predicted octanol–water partition coefficient (Wildman–Crippen LogP) is 3.95.